The Labute approximate surface area is 87.0 Å². The molecule has 0 radical (unpaired) electrons. The van der Waals surface area contributed by atoms with Gasteiger partial charge in [0, 0.05) is 7.05 Å². The molecule has 0 saturated heterocycles. The van der Waals surface area contributed by atoms with E-state index in [9.17, 15) is 4.79 Å². The number of nitrogens with zero attached hydrogens (tertiary/aromatic N) is 2. The lowest BCUT2D eigenvalue weighted by Gasteiger charge is -2.11. The molecule has 0 aliphatic heterocycles. The lowest BCUT2D eigenvalue weighted by atomic mass is 10.4. The Hall–Kier alpha value is -2.05. The minimum Gasteiger partial charge on any atom is -0.490 e. The van der Waals surface area contributed by atoms with Crippen LogP contribution in [0, 0.1) is 0 Å². The number of nitrogens with two attached hydrogens (primary N) is 1. The molecule has 0 aliphatic rings. The largest absolute Gasteiger partial charge is 0.490 e. The van der Waals surface area contributed by atoms with Gasteiger partial charge in [0.15, 0.2) is 11.6 Å². The highest BCUT2D eigenvalue weighted by atomic mass is 16.5. The van der Waals surface area contributed by atoms with Gasteiger partial charge >= 0.3 is 0 Å². The molecule has 15 heavy (non-hydrogen) atoms. The van der Waals surface area contributed by atoms with Gasteiger partial charge in [-0.25, -0.2) is 9.97 Å². The Kier molecular flexibility index (Phi) is 3.67. The molecule has 82 valence electrons. The number of anilines is 2. The van der Waals surface area contributed by atoms with Gasteiger partial charge in [-0.05, 0) is 0 Å². The first kappa shape index (κ1) is 11.0. The van der Waals surface area contributed by atoms with Crippen LogP contribution in [0.4, 0.5) is 11.6 Å². The number of carbonyl (C=O) groups is 1. The van der Waals surface area contributed by atoms with E-state index in [1.54, 1.807) is 7.05 Å². The zero-order chi connectivity index (χ0) is 11.3. The van der Waals surface area contributed by atoms with Crippen LogP contribution in [-0.4, -0.2) is 36.6 Å². The summed E-state index contributed by atoms with van der Waals surface area (Å²) in [5.74, 6) is 0.943. The molecule has 0 bridgehead atoms. The average molecular weight is 211 g/mol. The first-order chi connectivity index (χ1) is 7.19. The standard InChI is InChI=1S/C8H13N5O2/c1-10-7-6(15-2)8(13-4-12-7)11-3-5(9)14/h4H,3H2,1-2H3,(H2,9,14)(H2,10,11,12,13). The molecule has 1 heterocycles. The summed E-state index contributed by atoms with van der Waals surface area (Å²) in [7, 11) is 3.21. The summed E-state index contributed by atoms with van der Waals surface area (Å²) in [6.45, 7) is -0.00344. The molecule has 1 aromatic rings. The highest BCUT2D eigenvalue weighted by Gasteiger charge is 2.10. The highest BCUT2D eigenvalue weighted by molar-refractivity contribution is 5.79. The van der Waals surface area contributed by atoms with Crippen molar-refractivity contribution >= 4 is 17.5 Å². The number of ether oxygens (including phenoxy) is 1. The summed E-state index contributed by atoms with van der Waals surface area (Å²) >= 11 is 0. The third kappa shape index (κ3) is 2.70. The van der Waals surface area contributed by atoms with Crippen LogP contribution < -0.4 is 21.1 Å². The number of rotatable bonds is 5. The molecular formula is C8H13N5O2. The van der Waals surface area contributed by atoms with Crippen molar-refractivity contribution in [3.63, 3.8) is 0 Å². The van der Waals surface area contributed by atoms with Crippen molar-refractivity contribution < 1.29 is 9.53 Å². The summed E-state index contributed by atoms with van der Waals surface area (Å²) in [4.78, 5) is 18.5. The molecule has 0 fully saturated rings. The Bertz CT molecular complexity index is 355. The van der Waals surface area contributed by atoms with Gasteiger partial charge in [0.2, 0.25) is 11.7 Å². The molecule has 7 heteroatoms. The average Bonchev–Trinajstić information content (AvgIpc) is 2.25. The lowest BCUT2D eigenvalue weighted by molar-refractivity contribution is -0.116. The Morgan fingerprint density at radius 3 is 2.73 bits per heavy atom. The van der Waals surface area contributed by atoms with Crippen LogP contribution in [0.15, 0.2) is 6.33 Å². The third-order valence-corrected chi connectivity index (χ3v) is 1.67. The number of hydrogen-bond donors (Lipinski definition) is 3. The van der Waals surface area contributed by atoms with Crippen LogP contribution in [0.25, 0.3) is 0 Å². The minimum atomic E-state index is -0.471. The summed E-state index contributed by atoms with van der Waals surface area (Å²) in [6.07, 6.45) is 1.36. The first-order valence-electron chi connectivity index (χ1n) is 4.28. The van der Waals surface area contributed by atoms with E-state index in [1.807, 2.05) is 0 Å². The van der Waals surface area contributed by atoms with Gasteiger partial charge in [0.25, 0.3) is 0 Å². The maximum atomic E-state index is 10.6. The number of primary amides is 1. The van der Waals surface area contributed by atoms with Crippen LogP contribution in [0.1, 0.15) is 0 Å². The Morgan fingerprint density at radius 1 is 1.53 bits per heavy atom. The quantitative estimate of drug-likeness (QED) is 0.602. The number of amides is 1. The summed E-state index contributed by atoms with van der Waals surface area (Å²) in [6, 6.07) is 0. The van der Waals surface area contributed by atoms with Crippen molar-refractivity contribution in [1.29, 1.82) is 0 Å². The maximum absolute atomic E-state index is 10.6. The van der Waals surface area contributed by atoms with Gasteiger partial charge in [0.1, 0.15) is 6.33 Å². The zero-order valence-corrected chi connectivity index (χ0v) is 8.57. The summed E-state index contributed by atoms with van der Waals surface area (Å²) in [5, 5.41) is 5.59. The van der Waals surface area contributed by atoms with Crippen LogP contribution in [0.3, 0.4) is 0 Å². The van der Waals surface area contributed by atoms with E-state index < -0.39 is 5.91 Å². The van der Waals surface area contributed by atoms with Crippen molar-refractivity contribution in [2.45, 2.75) is 0 Å². The molecule has 0 unspecified atom stereocenters. The van der Waals surface area contributed by atoms with E-state index in [-0.39, 0.29) is 6.54 Å². The fraction of sp³-hybridized carbons (Fsp3) is 0.375. The van der Waals surface area contributed by atoms with E-state index in [1.165, 1.54) is 13.4 Å². The fourth-order valence-corrected chi connectivity index (χ4v) is 1.04. The SMILES string of the molecule is CNc1ncnc(NCC(N)=O)c1OC. The molecule has 0 atom stereocenters. The normalized spacial score (nSPS) is 9.47. The van der Waals surface area contributed by atoms with Crippen molar-refractivity contribution in [3.05, 3.63) is 6.33 Å². The fourth-order valence-electron chi connectivity index (χ4n) is 1.04. The molecule has 1 aromatic heterocycles. The number of hydrogen-bond acceptors (Lipinski definition) is 6. The van der Waals surface area contributed by atoms with E-state index in [2.05, 4.69) is 20.6 Å². The maximum Gasteiger partial charge on any atom is 0.236 e. The van der Waals surface area contributed by atoms with Gasteiger partial charge in [-0.1, -0.05) is 0 Å². The van der Waals surface area contributed by atoms with Gasteiger partial charge < -0.3 is 21.1 Å². The van der Waals surface area contributed by atoms with Crippen molar-refractivity contribution in [2.75, 3.05) is 31.3 Å². The van der Waals surface area contributed by atoms with Gasteiger partial charge in [-0.2, -0.15) is 0 Å². The van der Waals surface area contributed by atoms with Crippen molar-refractivity contribution in [1.82, 2.24) is 9.97 Å². The number of nitrogens with one attached hydrogen (secondary N) is 2. The van der Waals surface area contributed by atoms with Crippen LogP contribution in [-0.2, 0) is 4.79 Å². The van der Waals surface area contributed by atoms with Crippen LogP contribution >= 0.6 is 0 Å². The first-order valence-corrected chi connectivity index (χ1v) is 4.28. The smallest absolute Gasteiger partial charge is 0.236 e. The van der Waals surface area contributed by atoms with Crippen molar-refractivity contribution in [2.24, 2.45) is 5.73 Å². The second-order valence-electron chi connectivity index (χ2n) is 2.67. The third-order valence-electron chi connectivity index (χ3n) is 1.67. The number of methoxy groups -OCH3 is 1. The van der Waals surface area contributed by atoms with E-state index in [4.69, 9.17) is 10.5 Å². The Morgan fingerprint density at radius 2 is 2.20 bits per heavy atom. The zero-order valence-electron chi connectivity index (χ0n) is 8.57. The molecule has 7 nitrogen and oxygen atoms in total. The van der Waals surface area contributed by atoms with Gasteiger partial charge in [0.05, 0.1) is 13.7 Å². The topological polar surface area (TPSA) is 102 Å². The minimum absolute atomic E-state index is 0.00344. The predicted molar refractivity (Wildman–Crippen MR) is 55.8 cm³/mol. The van der Waals surface area contributed by atoms with E-state index in [0.717, 1.165) is 0 Å². The highest BCUT2D eigenvalue weighted by Crippen LogP contribution is 2.27. The van der Waals surface area contributed by atoms with Crippen molar-refractivity contribution in [3.8, 4) is 5.75 Å². The molecular weight excluding hydrogens is 198 g/mol. The van der Waals surface area contributed by atoms with Gasteiger partial charge in [-0.15, -0.1) is 0 Å². The lowest BCUT2D eigenvalue weighted by Crippen LogP contribution is -2.22. The van der Waals surface area contributed by atoms with E-state index in [0.29, 0.717) is 17.4 Å². The number of carbonyl (C=O) groups excluding carboxylic acids is 1. The predicted octanol–water partition coefficient (Wildman–Crippen LogP) is -0.576. The molecule has 4 N–H and O–H groups in total. The molecule has 0 aromatic carbocycles. The second-order valence-corrected chi connectivity index (χ2v) is 2.67. The molecule has 0 spiro atoms. The summed E-state index contributed by atoms with van der Waals surface area (Å²) < 4.78 is 5.10. The molecule has 0 aliphatic carbocycles. The Balaban J connectivity index is 2.90. The molecule has 0 saturated carbocycles. The number of aromatic nitrogens is 2. The van der Waals surface area contributed by atoms with Crippen LogP contribution in [0.2, 0.25) is 0 Å². The van der Waals surface area contributed by atoms with E-state index >= 15 is 0 Å². The second kappa shape index (κ2) is 4.99. The molecule has 1 amide bonds. The molecule has 1 rings (SSSR count). The van der Waals surface area contributed by atoms with Crippen LogP contribution in [0.5, 0.6) is 5.75 Å². The monoisotopic (exact) mass is 211 g/mol. The summed E-state index contributed by atoms with van der Waals surface area (Å²) in [5.41, 5.74) is 5.00. The van der Waals surface area contributed by atoms with Gasteiger partial charge in [-0.3, -0.25) is 4.79 Å².